The molecule has 132 valence electrons. The Labute approximate surface area is 143 Å². The molecule has 1 aliphatic heterocycles. The number of hydrogen-bond donors (Lipinski definition) is 1. The molecule has 1 fully saturated rings. The van der Waals surface area contributed by atoms with E-state index in [4.69, 9.17) is 5.73 Å². The number of aryl methyl sites for hydroxylation is 2. The van der Waals surface area contributed by atoms with Gasteiger partial charge in [-0.15, -0.1) is 0 Å². The van der Waals surface area contributed by atoms with Gasteiger partial charge in [-0.2, -0.15) is 4.31 Å². The summed E-state index contributed by atoms with van der Waals surface area (Å²) >= 11 is 0. The lowest BCUT2D eigenvalue weighted by molar-refractivity contribution is -0.123. The fourth-order valence-corrected chi connectivity index (χ4v) is 5.00. The van der Waals surface area contributed by atoms with Gasteiger partial charge in [-0.1, -0.05) is 6.07 Å². The summed E-state index contributed by atoms with van der Waals surface area (Å²) in [6, 6.07) is 5.19. The van der Waals surface area contributed by atoms with E-state index >= 15 is 0 Å². The zero-order chi connectivity index (χ0) is 17.3. The summed E-state index contributed by atoms with van der Waals surface area (Å²) in [4.78, 5) is 13.6. The predicted molar refractivity (Wildman–Crippen MR) is 92.1 cm³/mol. The predicted octanol–water partition coefficient (Wildman–Crippen LogP) is 0.746. The van der Waals surface area contributed by atoms with E-state index in [0.29, 0.717) is 31.1 Å². The van der Waals surface area contributed by atoms with Crippen molar-refractivity contribution in [2.45, 2.75) is 43.5 Å². The topological polar surface area (TPSA) is 83.7 Å². The molecule has 1 atom stereocenters. The number of hydrogen-bond acceptors (Lipinski definition) is 4. The first-order chi connectivity index (χ1) is 11.4. The third kappa shape index (κ3) is 3.34. The number of nitrogens with zero attached hydrogens (tertiary/aromatic N) is 2. The molecule has 0 radical (unpaired) electrons. The maximum Gasteiger partial charge on any atom is 0.243 e. The Morgan fingerprint density at radius 1 is 1.08 bits per heavy atom. The van der Waals surface area contributed by atoms with Gasteiger partial charge in [-0.25, -0.2) is 8.42 Å². The van der Waals surface area contributed by atoms with Gasteiger partial charge in [0.2, 0.25) is 15.9 Å². The molecule has 0 unspecified atom stereocenters. The largest absolute Gasteiger partial charge is 0.368 e. The normalized spacial score (nSPS) is 21.2. The Bertz CT molecular complexity index is 725. The highest BCUT2D eigenvalue weighted by atomic mass is 32.2. The molecule has 2 N–H and O–H groups in total. The molecule has 1 heterocycles. The van der Waals surface area contributed by atoms with Crippen LogP contribution in [0, 0.1) is 0 Å². The van der Waals surface area contributed by atoms with E-state index in [9.17, 15) is 13.2 Å². The molecule has 1 amide bonds. The Hall–Kier alpha value is -1.44. The number of carbonyl (C=O) groups excluding carboxylic acids is 1. The molecule has 1 aromatic carbocycles. The molecule has 1 saturated heterocycles. The van der Waals surface area contributed by atoms with Gasteiger partial charge in [0, 0.05) is 26.2 Å². The van der Waals surface area contributed by atoms with Crippen molar-refractivity contribution in [2.24, 2.45) is 5.73 Å². The van der Waals surface area contributed by atoms with Gasteiger partial charge in [0.25, 0.3) is 0 Å². The molecule has 0 bridgehead atoms. The van der Waals surface area contributed by atoms with Crippen molar-refractivity contribution in [1.29, 1.82) is 0 Å². The van der Waals surface area contributed by atoms with Gasteiger partial charge >= 0.3 is 0 Å². The van der Waals surface area contributed by atoms with Gasteiger partial charge in [-0.3, -0.25) is 9.69 Å². The second-order valence-corrected chi connectivity index (χ2v) is 8.59. The number of fused-ring (bicyclic) bond motifs is 1. The second-order valence-electron chi connectivity index (χ2n) is 6.66. The van der Waals surface area contributed by atoms with Gasteiger partial charge in [0.1, 0.15) is 0 Å². The minimum atomic E-state index is -3.47. The van der Waals surface area contributed by atoms with Crippen molar-refractivity contribution in [3.05, 3.63) is 29.3 Å². The quantitative estimate of drug-likeness (QED) is 0.867. The number of carbonyl (C=O) groups is 1. The third-order valence-corrected chi connectivity index (χ3v) is 7.09. The molecular formula is C17H25N3O3S. The van der Waals surface area contributed by atoms with E-state index in [1.54, 1.807) is 13.0 Å². The van der Waals surface area contributed by atoms with E-state index < -0.39 is 10.0 Å². The van der Waals surface area contributed by atoms with E-state index in [0.717, 1.165) is 19.3 Å². The zero-order valence-electron chi connectivity index (χ0n) is 14.1. The Morgan fingerprint density at radius 2 is 1.71 bits per heavy atom. The Morgan fingerprint density at radius 3 is 2.33 bits per heavy atom. The average molecular weight is 351 g/mol. The van der Waals surface area contributed by atoms with E-state index in [-0.39, 0.29) is 11.9 Å². The number of amides is 1. The number of benzene rings is 1. The van der Waals surface area contributed by atoms with Crippen LogP contribution < -0.4 is 5.73 Å². The number of rotatable bonds is 4. The Balaban J connectivity index is 1.74. The van der Waals surface area contributed by atoms with Crippen molar-refractivity contribution in [2.75, 3.05) is 26.2 Å². The van der Waals surface area contributed by atoms with Crippen molar-refractivity contribution in [1.82, 2.24) is 9.21 Å². The molecular weight excluding hydrogens is 326 g/mol. The van der Waals surface area contributed by atoms with Crippen LogP contribution in [0.2, 0.25) is 0 Å². The van der Waals surface area contributed by atoms with Crippen LogP contribution in [0.25, 0.3) is 0 Å². The highest BCUT2D eigenvalue weighted by Crippen LogP contribution is 2.26. The first kappa shape index (κ1) is 17.4. The summed E-state index contributed by atoms with van der Waals surface area (Å²) in [6.07, 6.45) is 4.31. The van der Waals surface area contributed by atoms with Crippen LogP contribution in [0.5, 0.6) is 0 Å². The van der Waals surface area contributed by atoms with Gasteiger partial charge < -0.3 is 5.73 Å². The molecule has 24 heavy (non-hydrogen) atoms. The third-order valence-electron chi connectivity index (χ3n) is 5.19. The summed E-state index contributed by atoms with van der Waals surface area (Å²) in [5, 5.41) is 0. The summed E-state index contributed by atoms with van der Waals surface area (Å²) < 4.78 is 27.3. The second kappa shape index (κ2) is 6.82. The molecule has 6 nitrogen and oxygen atoms in total. The van der Waals surface area contributed by atoms with Crippen LogP contribution >= 0.6 is 0 Å². The van der Waals surface area contributed by atoms with Crippen LogP contribution in [0.3, 0.4) is 0 Å². The maximum atomic E-state index is 12.9. The van der Waals surface area contributed by atoms with E-state index in [1.807, 2.05) is 17.0 Å². The maximum absolute atomic E-state index is 12.9. The van der Waals surface area contributed by atoms with Crippen LogP contribution in [0.15, 0.2) is 23.1 Å². The lowest BCUT2D eigenvalue weighted by atomic mass is 9.92. The molecule has 1 aromatic rings. The van der Waals surface area contributed by atoms with Crippen molar-refractivity contribution >= 4 is 15.9 Å². The monoisotopic (exact) mass is 351 g/mol. The molecule has 7 heteroatoms. The van der Waals surface area contributed by atoms with Gasteiger partial charge in [0.05, 0.1) is 10.9 Å². The smallest absolute Gasteiger partial charge is 0.243 e. The summed E-state index contributed by atoms with van der Waals surface area (Å²) in [7, 11) is -3.47. The van der Waals surface area contributed by atoms with E-state index in [1.165, 1.54) is 21.9 Å². The first-order valence-corrected chi connectivity index (χ1v) is 9.99. The SMILES string of the molecule is C[C@H](C(N)=O)N1CCN(S(=O)(=O)c2ccc3c(c2)CCCC3)CC1. The molecule has 3 rings (SSSR count). The van der Waals surface area contributed by atoms with Gasteiger partial charge in [-0.05, 0) is 55.9 Å². The van der Waals surface area contributed by atoms with Gasteiger partial charge in [0.15, 0.2) is 0 Å². The summed E-state index contributed by atoms with van der Waals surface area (Å²) in [5.74, 6) is -0.374. The molecule has 0 saturated carbocycles. The standard InChI is InChI=1S/C17H25N3O3S/c1-13(17(18)21)19-8-10-20(11-9-19)24(22,23)16-7-6-14-4-2-3-5-15(14)12-16/h6-7,12-13H,2-5,8-11H2,1H3,(H2,18,21)/t13-/m1/s1. The molecule has 2 aliphatic rings. The minimum Gasteiger partial charge on any atom is -0.368 e. The molecule has 1 aliphatic carbocycles. The highest BCUT2D eigenvalue weighted by molar-refractivity contribution is 7.89. The lowest BCUT2D eigenvalue weighted by Crippen LogP contribution is -2.54. The van der Waals surface area contributed by atoms with Crippen LogP contribution in [-0.2, 0) is 27.7 Å². The fourth-order valence-electron chi connectivity index (χ4n) is 3.53. The van der Waals surface area contributed by atoms with Crippen LogP contribution in [0.4, 0.5) is 0 Å². The number of piperazine rings is 1. The van der Waals surface area contributed by atoms with Crippen molar-refractivity contribution in [3.8, 4) is 0 Å². The number of primary amides is 1. The van der Waals surface area contributed by atoms with Crippen LogP contribution in [0.1, 0.15) is 30.9 Å². The minimum absolute atomic E-state index is 0.362. The van der Waals surface area contributed by atoms with Crippen molar-refractivity contribution < 1.29 is 13.2 Å². The Kier molecular flexibility index (Phi) is 4.94. The molecule has 0 spiro atoms. The first-order valence-electron chi connectivity index (χ1n) is 8.55. The lowest BCUT2D eigenvalue weighted by Gasteiger charge is -2.36. The highest BCUT2D eigenvalue weighted by Gasteiger charge is 2.31. The number of nitrogens with two attached hydrogens (primary N) is 1. The summed E-state index contributed by atoms with van der Waals surface area (Å²) in [6.45, 7) is 3.58. The van der Waals surface area contributed by atoms with Crippen molar-refractivity contribution in [3.63, 3.8) is 0 Å². The van der Waals surface area contributed by atoms with Crippen LogP contribution in [-0.4, -0.2) is 55.8 Å². The molecule has 0 aromatic heterocycles. The van der Waals surface area contributed by atoms with E-state index in [2.05, 4.69) is 0 Å². The fraction of sp³-hybridized carbons (Fsp3) is 0.588. The number of sulfonamides is 1. The summed E-state index contributed by atoms with van der Waals surface area (Å²) in [5.41, 5.74) is 7.78. The average Bonchev–Trinajstić information content (AvgIpc) is 2.60. The zero-order valence-corrected chi connectivity index (χ0v) is 14.9.